The van der Waals surface area contributed by atoms with E-state index in [1.165, 1.54) is 20.8 Å². The quantitative estimate of drug-likeness (QED) is 0.384. The lowest BCUT2D eigenvalue weighted by atomic mass is 10.5. The van der Waals surface area contributed by atoms with E-state index in [-0.39, 0.29) is 12.6 Å². The molecule has 0 bridgehead atoms. The lowest BCUT2D eigenvalue weighted by Crippen LogP contribution is -2.12. The van der Waals surface area contributed by atoms with Crippen molar-refractivity contribution in [3.05, 3.63) is 0 Å². The Labute approximate surface area is 93.9 Å². The summed E-state index contributed by atoms with van der Waals surface area (Å²) in [6.07, 6.45) is 0.969. The van der Waals surface area contributed by atoms with Crippen LogP contribution in [0, 0.1) is 0 Å². The molecule has 0 heterocycles. The third-order valence-electron chi connectivity index (χ3n) is 1.08. The van der Waals surface area contributed by atoms with Gasteiger partial charge in [0, 0.05) is 20.3 Å². The van der Waals surface area contributed by atoms with E-state index in [0.29, 0.717) is 19.0 Å². The summed E-state index contributed by atoms with van der Waals surface area (Å²) in [5.74, 6) is -0.767. The second kappa shape index (κ2) is 11.4. The summed E-state index contributed by atoms with van der Waals surface area (Å²) in [4.78, 5) is 39.4. The van der Waals surface area contributed by atoms with Crippen molar-refractivity contribution in [2.24, 2.45) is 0 Å². The Morgan fingerprint density at radius 3 is 2.00 bits per heavy atom. The molecule has 0 radical (unpaired) electrons. The van der Waals surface area contributed by atoms with Gasteiger partial charge in [-0.25, -0.2) is 0 Å². The monoisotopic (exact) mass is 232 g/mol. The van der Waals surface area contributed by atoms with Gasteiger partial charge in [-0.2, -0.15) is 0 Å². The molecule has 0 fully saturated rings. The van der Waals surface area contributed by atoms with Crippen molar-refractivity contribution >= 4 is 24.5 Å². The Kier molecular flexibility index (Phi) is 11.9. The maximum absolute atomic E-state index is 10.0. The molecule has 6 heteroatoms. The molecule has 0 N–H and O–H groups in total. The lowest BCUT2D eigenvalue weighted by Gasteiger charge is -2.00. The molecule has 0 aromatic carbocycles. The van der Waals surface area contributed by atoms with Crippen LogP contribution in [0.15, 0.2) is 0 Å². The first-order valence-corrected chi connectivity index (χ1v) is 4.63. The van der Waals surface area contributed by atoms with Crippen LogP contribution in [0.1, 0.15) is 27.2 Å². The number of ether oxygens (including phenoxy) is 2. The molecule has 0 aliphatic heterocycles. The topological polar surface area (TPSA) is 86.7 Å². The van der Waals surface area contributed by atoms with Crippen LogP contribution in [0.5, 0.6) is 0 Å². The Morgan fingerprint density at radius 1 is 1.19 bits per heavy atom. The van der Waals surface area contributed by atoms with Crippen LogP contribution in [0.3, 0.4) is 0 Å². The first-order chi connectivity index (χ1) is 7.43. The van der Waals surface area contributed by atoms with Crippen LogP contribution < -0.4 is 0 Å². The van der Waals surface area contributed by atoms with E-state index in [0.717, 1.165) is 0 Å². The van der Waals surface area contributed by atoms with Gasteiger partial charge in [-0.3, -0.25) is 14.4 Å². The molecule has 0 spiro atoms. The predicted octanol–water partition coefficient (Wildman–Crippen LogP) is 0.275. The Balaban J connectivity index is 0. The largest absolute Gasteiger partial charge is 0.465 e. The summed E-state index contributed by atoms with van der Waals surface area (Å²) in [6.45, 7) is 4.29. The van der Waals surface area contributed by atoms with E-state index in [1.54, 1.807) is 0 Å². The van der Waals surface area contributed by atoms with Crippen LogP contribution in [-0.2, 0) is 28.7 Å². The van der Waals surface area contributed by atoms with Crippen LogP contribution in [0.4, 0.5) is 0 Å². The number of rotatable bonds is 5. The Morgan fingerprint density at radius 2 is 1.75 bits per heavy atom. The number of hydrogen-bond donors (Lipinski definition) is 0. The van der Waals surface area contributed by atoms with E-state index >= 15 is 0 Å². The molecule has 0 aromatic heterocycles. The first kappa shape index (κ1) is 16.7. The average molecular weight is 232 g/mol. The number of esters is 2. The molecule has 1 unspecified atom stereocenters. The molecule has 0 saturated heterocycles. The fourth-order valence-corrected chi connectivity index (χ4v) is 0.540. The molecular formula is C10H16O6. The van der Waals surface area contributed by atoms with Gasteiger partial charge in [0.05, 0.1) is 6.61 Å². The van der Waals surface area contributed by atoms with Crippen LogP contribution in [-0.4, -0.2) is 37.2 Å². The highest BCUT2D eigenvalue weighted by atomic mass is 16.5. The predicted molar refractivity (Wildman–Crippen MR) is 54.6 cm³/mol. The summed E-state index contributed by atoms with van der Waals surface area (Å²) < 4.78 is 8.80. The van der Waals surface area contributed by atoms with Gasteiger partial charge < -0.3 is 14.3 Å². The van der Waals surface area contributed by atoms with E-state index < -0.39 is 12.1 Å². The van der Waals surface area contributed by atoms with Gasteiger partial charge in [-0.15, -0.1) is 0 Å². The highest BCUT2D eigenvalue weighted by Gasteiger charge is 1.99. The van der Waals surface area contributed by atoms with Gasteiger partial charge in [0.25, 0.3) is 0 Å². The smallest absolute Gasteiger partial charge is 0.303 e. The maximum Gasteiger partial charge on any atom is 0.303 e. The highest BCUT2D eigenvalue weighted by Crippen LogP contribution is 1.83. The number of hydrogen-bond acceptors (Lipinski definition) is 6. The zero-order valence-corrected chi connectivity index (χ0v) is 9.60. The molecule has 0 aliphatic carbocycles. The summed E-state index contributed by atoms with van der Waals surface area (Å²) in [5.41, 5.74) is 0. The first-order valence-electron chi connectivity index (χ1n) is 4.63. The minimum atomic E-state index is -0.604. The number of aldehydes is 2. The van der Waals surface area contributed by atoms with E-state index in [9.17, 15) is 19.2 Å². The molecule has 0 aromatic rings. The molecule has 92 valence electrons. The van der Waals surface area contributed by atoms with Gasteiger partial charge in [-0.1, -0.05) is 0 Å². The van der Waals surface area contributed by atoms with Crippen molar-refractivity contribution in [3.63, 3.8) is 0 Å². The molecule has 0 amide bonds. The zero-order valence-electron chi connectivity index (χ0n) is 9.60. The van der Waals surface area contributed by atoms with Crippen molar-refractivity contribution in [2.75, 3.05) is 6.61 Å². The summed E-state index contributed by atoms with van der Waals surface area (Å²) in [5, 5.41) is 0. The Hall–Kier alpha value is -1.72. The standard InChI is InChI=1S/2C5H8O3/c1-4(3-6)8-5(2)7;1-5(7)8-4-2-3-6/h3-4H,1-2H3;3H,2,4H2,1H3. The third kappa shape index (κ3) is 18.1. The van der Waals surface area contributed by atoms with Gasteiger partial charge in [0.1, 0.15) is 6.29 Å². The third-order valence-corrected chi connectivity index (χ3v) is 1.08. The molecule has 6 nitrogen and oxygen atoms in total. The summed E-state index contributed by atoms with van der Waals surface area (Å²) >= 11 is 0. The molecule has 0 aliphatic rings. The van der Waals surface area contributed by atoms with Gasteiger partial charge >= 0.3 is 11.9 Å². The van der Waals surface area contributed by atoms with Crippen molar-refractivity contribution < 1.29 is 28.7 Å². The highest BCUT2D eigenvalue weighted by molar-refractivity contribution is 5.69. The molecule has 16 heavy (non-hydrogen) atoms. The van der Waals surface area contributed by atoms with Crippen molar-refractivity contribution in [1.82, 2.24) is 0 Å². The Bertz CT molecular complexity index is 235. The maximum atomic E-state index is 10.0. The van der Waals surface area contributed by atoms with Crippen LogP contribution in [0.2, 0.25) is 0 Å². The van der Waals surface area contributed by atoms with E-state index in [4.69, 9.17) is 0 Å². The second-order valence-corrected chi connectivity index (χ2v) is 2.75. The zero-order chi connectivity index (χ0) is 13.0. The van der Waals surface area contributed by atoms with Crippen LogP contribution >= 0.6 is 0 Å². The van der Waals surface area contributed by atoms with Crippen molar-refractivity contribution in [3.8, 4) is 0 Å². The van der Waals surface area contributed by atoms with Crippen molar-refractivity contribution in [1.29, 1.82) is 0 Å². The van der Waals surface area contributed by atoms with E-state index in [2.05, 4.69) is 9.47 Å². The number of carbonyl (C=O) groups is 4. The molecule has 0 rings (SSSR count). The molecule has 0 saturated carbocycles. The lowest BCUT2D eigenvalue weighted by molar-refractivity contribution is -0.148. The molecular weight excluding hydrogens is 216 g/mol. The summed E-state index contributed by atoms with van der Waals surface area (Å²) in [7, 11) is 0. The minimum Gasteiger partial charge on any atom is -0.465 e. The SMILES string of the molecule is CC(=O)OC(C)C=O.CC(=O)OCCC=O. The second-order valence-electron chi connectivity index (χ2n) is 2.75. The fourth-order valence-electron chi connectivity index (χ4n) is 0.540. The minimum absolute atomic E-state index is 0.207. The summed E-state index contributed by atoms with van der Waals surface area (Å²) in [6, 6.07) is 0. The van der Waals surface area contributed by atoms with Crippen LogP contribution in [0.25, 0.3) is 0 Å². The fraction of sp³-hybridized carbons (Fsp3) is 0.600. The number of carbonyl (C=O) groups excluding carboxylic acids is 4. The van der Waals surface area contributed by atoms with Gasteiger partial charge in [0.2, 0.25) is 0 Å². The van der Waals surface area contributed by atoms with Gasteiger partial charge in [-0.05, 0) is 6.92 Å². The van der Waals surface area contributed by atoms with E-state index in [1.807, 2.05) is 0 Å². The van der Waals surface area contributed by atoms with Crippen molar-refractivity contribution in [2.45, 2.75) is 33.3 Å². The normalized spacial score (nSPS) is 10.2. The average Bonchev–Trinajstić information content (AvgIpc) is 2.17. The van der Waals surface area contributed by atoms with Gasteiger partial charge in [0.15, 0.2) is 12.4 Å². The molecule has 1 atom stereocenters.